The van der Waals surface area contributed by atoms with Gasteiger partial charge in [0.05, 0.1) is 5.92 Å². The van der Waals surface area contributed by atoms with Gasteiger partial charge < -0.3 is 0 Å². The van der Waals surface area contributed by atoms with E-state index < -0.39 is 0 Å². The largest absolute Gasteiger partial charge is 0.244 e. The maximum atomic E-state index is 4.71. The summed E-state index contributed by atoms with van der Waals surface area (Å²) < 4.78 is 0. The molecular weight excluding hydrogens is 424 g/mol. The van der Waals surface area contributed by atoms with E-state index in [-0.39, 0.29) is 0 Å². The molecule has 1 aromatic carbocycles. The number of aliphatic imine (C=N–C) groups is 2. The molecule has 0 spiro atoms. The van der Waals surface area contributed by atoms with Gasteiger partial charge in [-0.1, -0.05) is 163 Å². The lowest BCUT2D eigenvalue weighted by Gasteiger charge is -2.26. The Kier molecular flexibility index (Phi) is 17.5. The smallest absolute Gasteiger partial charge is 0.0965 e. The van der Waals surface area contributed by atoms with Crippen molar-refractivity contribution >= 4 is 12.4 Å². The van der Waals surface area contributed by atoms with E-state index in [0.29, 0.717) is 11.8 Å². The van der Waals surface area contributed by atoms with Crippen molar-refractivity contribution in [1.82, 2.24) is 0 Å². The van der Waals surface area contributed by atoms with Crippen LogP contribution in [0.1, 0.15) is 141 Å². The zero-order valence-corrected chi connectivity index (χ0v) is 23.2. The molecule has 0 radical (unpaired) electrons. The van der Waals surface area contributed by atoms with Gasteiger partial charge in [-0.15, -0.1) is 0 Å². The number of unbranched alkanes of at least 4 members (excludes halogenated alkanes) is 15. The Morgan fingerprint density at radius 1 is 0.571 bits per heavy atom. The van der Waals surface area contributed by atoms with E-state index in [0.717, 1.165) is 12.6 Å². The van der Waals surface area contributed by atoms with Gasteiger partial charge in [0, 0.05) is 0 Å². The van der Waals surface area contributed by atoms with Gasteiger partial charge in [0.15, 0.2) is 12.4 Å². The van der Waals surface area contributed by atoms with Gasteiger partial charge in [-0.2, -0.15) is 0 Å². The summed E-state index contributed by atoms with van der Waals surface area (Å²) in [6.07, 6.45) is 32.2. The summed E-state index contributed by atoms with van der Waals surface area (Å²) >= 11 is 0. The van der Waals surface area contributed by atoms with Crippen molar-refractivity contribution in [2.24, 2.45) is 21.8 Å². The van der Waals surface area contributed by atoms with Crippen molar-refractivity contribution in [3.8, 4) is 0 Å². The summed E-state index contributed by atoms with van der Waals surface area (Å²) in [5.41, 5.74) is 1.47. The SMILES string of the molecule is CCCCCCCCCCCCC(Cc1ccccc1)C(CCCCCCCCC)[C+]1N=CC=N1. The molecule has 0 aromatic heterocycles. The first-order chi connectivity index (χ1) is 17.3. The molecule has 0 saturated heterocycles. The molecule has 2 atom stereocenters. The van der Waals surface area contributed by atoms with Gasteiger partial charge in [-0.05, 0) is 30.7 Å². The molecule has 0 fully saturated rings. The molecule has 1 aromatic rings. The molecule has 1 aliphatic heterocycles. The Bertz CT molecular complexity index is 638. The summed E-state index contributed by atoms with van der Waals surface area (Å²) in [4.78, 5) is 9.41. The van der Waals surface area contributed by atoms with Crippen LogP contribution in [0.5, 0.6) is 0 Å². The summed E-state index contributed by atoms with van der Waals surface area (Å²) in [6.45, 7) is 4.60. The molecule has 2 heteroatoms. The zero-order chi connectivity index (χ0) is 24.8. The predicted molar refractivity (Wildman–Crippen MR) is 156 cm³/mol. The molecule has 2 unspecified atom stereocenters. The van der Waals surface area contributed by atoms with Crippen LogP contribution in [0.15, 0.2) is 40.3 Å². The maximum absolute atomic E-state index is 4.71. The third-order valence-corrected chi connectivity index (χ3v) is 7.77. The van der Waals surface area contributed by atoms with Gasteiger partial charge in [-0.3, -0.25) is 0 Å². The van der Waals surface area contributed by atoms with Crippen LogP contribution in [0.4, 0.5) is 0 Å². The van der Waals surface area contributed by atoms with Crippen LogP contribution < -0.4 is 0 Å². The molecule has 2 rings (SSSR count). The highest BCUT2D eigenvalue weighted by molar-refractivity contribution is 6.18. The van der Waals surface area contributed by atoms with Crippen molar-refractivity contribution in [3.05, 3.63) is 42.1 Å². The number of nitrogens with zero attached hydrogens (tertiary/aromatic N) is 2. The summed E-state index contributed by atoms with van der Waals surface area (Å²) in [5, 5.41) is 0. The van der Waals surface area contributed by atoms with Gasteiger partial charge in [0.1, 0.15) is 0 Å². The summed E-state index contributed by atoms with van der Waals surface area (Å²) in [5.74, 6) is 1.15. The first-order valence-electron chi connectivity index (χ1n) is 15.3. The minimum Gasteiger partial charge on any atom is -0.0965 e. The van der Waals surface area contributed by atoms with Crippen molar-refractivity contribution in [3.63, 3.8) is 0 Å². The molecule has 0 saturated carbocycles. The molecule has 0 amide bonds. The molecule has 196 valence electrons. The fraction of sp³-hybridized carbons (Fsp3) is 0.727. The van der Waals surface area contributed by atoms with Crippen LogP contribution in [-0.2, 0) is 6.42 Å². The summed E-state index contributed by atoms with van der Waals surface area (Å²) in [7, 11) is 0. The van der Waals surface area contributed by atoms with Crippen LogP contribution >= 0.6 is 0 Å². The van der Waals surface area contributed by atoms with Crippen molar-refractivity contribution in [2.45, 2.75) is 142 Å². The second kappa shape index (κ2) is 20.6. The third-order valence-electron chi connectivity index (χ3n) is 7.77. The molecule has 0 bridgehead atoms. The van der Waals surface area contributed by atoms with Crippen molar-refractivity contribution in [1.29, 1.82) is 0 Å². The molecule has 0 N–H and O–H groups in total. The van der Waals surface area contributed by atoms with Gasteiger partial charge in [0.25, 0.3) is 0 Å². The first-order valence-corrected chi connectivity index (χ1v) is 15.3. The van der Waals surface area contributed by atoms with E-state index in [9.17, 15) is 0 Å². The van der Waals surface area contributed by atoms with Crippen LogP contribution in [0.25, 0.3) is 0 Å². The molecule has 35 heavy (non-hydrogen) atoms. The Hall–Kier alpha value is -1.57. The first kappa shape index (κ1) is 29.7. The van der Waals surface area contributed by atoms with E-state index in [2.05, 4.69) is 44.2 Å². The van der Waals surface area contributed by atoms with Gasteiger partial charge >= 0.3 is 0 Å². The van der Waals surface area contributed by atoms with E-state index in [1.807, 2.05) is 12.4 Å². The Morgan fingerprint density at radius 3 is 1.54 bits per heavy atom. The second-order valence-electron chi connectivity index (χ2n) is 10.9. The fourth-order valence-electron chi connectivity index (χ4n) is 5.60. The predicted octanol–water partition coefficient (Wildman–Crippen LogP) is 10.6. The molecule has 1 aliphatic rings. The van der Waals surface area contributed by atoms with Crippen LogP contribution in [0, 0.1) is 18.0 Å². The quantitative estimate of drug-likeness (QED) is 0.110. The number of hydrogen-bond donors (Lipinski definition) is 0. The number of rotatable bonds is 23. The van der Waals surface area contributed by atoms with E-state index in [4.69, 9.17) is 9.98 Å². The van der Waals surface area contributed by atoms with E-state index in [1.165, 1.54) is 128 Å². The Labute approximate surface area is 218 Å². The highest BCUT2D eigenvalue weighted by Crippen LogP contribution is 2.37. The second-order valence-corrected chi connectivity index (χ2v) is 10.9. The lowest BCUT2D eigenvalue weighted by molar-refractivity contribution is 0.284. The average molecular weight is 480 g/mol. The minimum absolute atomic E-state index is 0.499. The van der Waals surface area contributed by atoms with Gasteiger partial charge in [-0.25, -0.2) is 0 Å². The summed E-state index contributed by atoms with van der Waals surface area (Å²) in [6, 6.07) is 11.1. The Balaban J connectivity index is 1.82. The maximum Gasteiger partial charge on any atom is 0.244 e. The fourth-order valence-corrected chi connectivity index (χ4v) is 5.60. The van der Waals surface area contributed by atoms with E-state index in [1.54, 1.807) is 0 Å². The van der Waals surface area contributed by atoms with Crippen molar-refractivity contribution in [2.75, 3.05) is 0 Å². The Morgan fingerprint density at radius 2 is 1.03 bits per heavy atom. The number of hydrogen-bond acceptors (Lipinski definition) is 2. The molecule has 0 aliphatic carbocycles. The zero-order valence-electron chi connectivity index (χ0n) is 23.2. The average Bonchev–Trinajstić information content (AvgIpc) is 3.41. The van der Waals surface area contributed by atoms with Gasteiger partial charge in [0.2, 0.25) is 6.17 Å². The topological polar surface area (TPSA) is 24.7 Å². The standard InChI is InChI=1S/C33H55N2/c1-3-5-7-9-11-12-13-15-16-21-25-31(29-30-23-19-18-20-24-30)32(33-34-27-28-35-33)26-22-17-14-10-8-6-4-2/h18-20,23-24,27-28,31-32H,3-17,21-22,25-26,29H2,1-2H3/q+1. The monoisotopic (exact) mass is 479 g/mol. The molecule has 2 nitrogen and oxygen atoms in total. The molecular formula is C33H55N2+. The number of benzene rings is 1. The lowest BCUT2D eigenvalue weighted by atomic mass is 9.78. The van der Waals surface area contributed by atoms with Crippen LogP contribution in [-0.4, -0.2) is 12.4 Å². The van der Waals surface area contributed by atoms with Crippen molar-refractivity contribution < 1.29 is 0 Å². The minimum atomic E-state index is 0.499. The normalized spacial score (nSPS) is 14.6. The van der Waals surface area contributed by atoms with Crippen LogP contribution in [0.3, 0.4) is 0 Å². The third kappa shape index (κ3) is 13.9. The van der Waals surface area contributed by atoms with Crippen LogP contribution in [0.2, 0.25) is 0 Å². The molecule has 1 heterocycles. The highest BCUT2D eigenvalue weighted by atomic mass is 15.0. The highest BCUT2D eigenvalue weighted by Gasteiger charge is 2.35. The lowest BCUT2D eigenvalue weighted by Crippen LogP contribution is -2.22. The van der Waals surface area contributed by atoms with E-state index >= 15 is 0 Å².